The average Bonchev–Trinajstić information content (AvgIpc) is 2.40. The van der Waals surface area contributed by atoms with Gasteiger partial charge >= 0.3 is 0 Å². The third kappa shape index (κ3) is 4.25. The van der Waals surface area contributed by atoms with Gasteiger partial charge in [-0.15, -0.1) is 0 Å². The van der Waals surface area contributed by atoms with Gasteiger partial charge in [-0.1, -0.05) is 12.8 Å². The Morgan fingerprint density at radius 2 is 2.06 bits per heavy atom. The van der Waals surface area contributed by atoms with Gasteiger partial charge in [0.1, 0.15) is 0 Å². The van der Waals surface area contributed by atoms with Crippen LogP contribution in [0.15, 0.2) is 0 Å². The highest BCUT2D eigenvalue weighted by Gasteiger charge is 2.24. The van der Waals surface area contributed by atoms with Gasteiger partial charge in [-0.25, -0.2) is 0 Å². The Balaban J connectivity index is 1.64. The predicted molar refractivity (Wildman–Crippen MR) is 71.2 cm³/mol. The molecule has 0 spiro atoms. The van der Waals surface area contributed by atoms with E-state index in [1.54, 1.807) is 0 Å². The third-order valence-electron chi connectivity index (χ3n) is 4.25. The molecule has 4 heteroatoms. The van der Waals surface area contributed by atoms with Crippen LogP contribution < -0.4 is 10.6 Å². The molecular formula is C14H26N2O2. The molecule has 2 rings (SSSR count). The van der Waals surface area contributed by atoms with Crippen molar-refractivity contribution in [3.63, 3.8) is 0 Å². The summed E-state index contributed by atoms with van der Waals surface area (Å²) in [5, 5.41) is 16.2. The van der Waals surface area contributed by atoms with Crippen molar-refractivity contribution in [3.8, 4) is 0 Å². The number of carbonyl (C=O) groups is 1. The van der Waals surface area contributed by atoms with E-state index >= 15 is 0 Å². The van der Waals surface area contributed by atoms with Crippen LogP contribution >= 0.6 is 0 Å². The summed E-state index contributed by atoms with van der Waals surface area (Å²) in [5.41, 5.74) is 0. The van der Waals surface area contributed by atoms with Crippen LogP contribution in [0.2, 0.25) is 0 Å². The summed E-state index contributed by atoms with van der Waals surface area (Å²) in [5.74, 6) is 0.771. The Hall–Kier alpha value is -0.610. The van der Waals surface area contributed by atoms with E-state index in [0.717, 1.165) is 45.2 Å². The van der Waals surface area contributed by atoms with Gasteiger partial charge in [-0.3, -0.25) is 4.79 Å². The van der Waals surface area contributed by atoms with Crippen molar-refractivity contribution in [1.29, 1.82) is 0 Å². The van der Waals surface area contributed by atoms with E-state index in [4.69, 9.17) is 0 Å². The number of nitrogens with one attached hydrogen (secondary N) is 2. The fraction of sp³-hybridized carbons (Fsp3) is 0.929. The second kappa shape index (κ2) is 7.10. The van der Waals surface area contributed by atoms with Gasteiger partial charge in [-0.05, 0) is 51.1 Å². The number of amides is 1. The van der Waals surface area contributed by atoms with Gasteiger partial charge in [-0.2, -0.15) is 0 Å². The number of aliphatic hydroxyl groups excluding tert-OH is 1. The molecule has 1 aliphatic carbocycles. The molecule has 1 saturated carbocycles. The highest BCUT2D eigenvalue weighted by molar-refractivity contribution is 5.76. The molecule has 104 valence electrons. The molecule has 1 saturated heterocycles. The topological polar surface area (TPSA) is 61.4 Å². The maximum absolute atomic E-state index is 11.9. The lowest BCUT2D eigenvalue weighted by Gasteiger charge is -2.28. The Kier molecular flexibility index (Phi) is 5.45. The van der Waals surface area contributed by atoms with Crippen LogP contribution in [0.3, 0.4) is 0 Å². The highest BCUT2D eigenvalue weighted by Crippen LogP contribution is 2.19. The lowest BCUT2D eigenvalue weighted by molar-refractivity contribution is -0.123. The number of hydrogen-bond acceptors (Lipinski definition) is 3. The largest absolute Gasteiger partial charge is 0.391 e. The molecule has 0 aromatic heterocycles. The minimum Gasteiger partial charge on any atom is -0.391 e. The van der Waals surface area contributed by atoms with Gasteiger partial charge in [0.05, 0.1) is 12.1 Å². The zero-order valence-corrected chi connectivity index (χ0v) is 11.2. The zero-order valence-electron chi connectivity index (χ0n) is 11.2. The molecule has 1 heterocycles. The maximum Gasteiger partial charge on any atom is 0.220 e. The first-order valence-corrected chi connectivity index (χ1v) is 7.44. The van der Waals surface area contributed by atoms with E-state index in [9.17, 15) is 9.90 Å². The molecule has 4 nitrogen and oxygen atoms in total. The second-order valence-electron chi connectivity index (χ2n) is 5.78. The molecule has 0 aromatic carbocycles. The average molecular weight is 254 g/mol. The molecule has 3 unspecified atom stereocenters. The quantitative estimate of drug-likeness (QED) is 0.706. The fourth-order valence-corrected chi connectivity index (χ4v) is 3.06. The van der Waals surface area contributed by atoms with E-state index in [1.165, 1.54) is 12.8 Å². The Morgan fingerprint density at radius 1 is 1.22 bits per heavy atom. The lowest BCUT2D eigenvalue weighted by atomic mass is 9.92. The summed E-state index contributed by atoms with van der Waals surface area (Å²) in [6, 6.07) is -0.00395. The van der Waals surface area contributed by atoms with Crippen LogP contribution in [0.1, 0.15) is 51.4 Å². The van der Waals surface area contributed by atoms with Gasteiger partial charge < -0.3 is 15.7 Å². The minimum absolute atomic E-state index is 0.00395. The normalized spacial score (nSPS) is 33.1. The van der Waals surface area contributed by atoms with Crippen LogP contribution in [0.5, 0.6) is 0 Å². The first-order valence-electron chi connectivity index (χ1n) is 7.44. The highest BCUT2D eigenvalue weighted by atomic mass is 16.3. The van der Waals surface area contributed by atoms with Gasteiger partial charge in [0, 0.05) is 6.42 Å². The first kappa shape index (κ1) is 13.8. The number of rotatable bonds is 4. The number of piperidine rings is 1. The fourth-order valence-electron chi connectivity index (χ4n) is 3.06. The monoisotopic (exact) mass is 254 g/mol. The van der Waals surface area contributed by atoms with Crippen molar-refractivity contribution in [3.05, 3.63) is 0 Å². The van der Waals surface area contributed by atoms with Crippen LogP contribution in [-0.2, 0) is 4.79 Å². The Morgan fingerprint density at radius 3 is 2.78 bits per heavy atom. The van der Waals surface area contributed by atoms with Crippen LogP contribution in [-0.4, -0.2) is 36.2 Å². The van der Waals surface area contributed by atoms with Crippen molar-refractivity contribution in [2.45, 2.75) is 63.5 Å². The van der Waals surface area contributed by atoms with Crippen LogP contribution in [0.25, 0.3) is 0 Å². The summed E-state index contributed by atoms with van der Waals surface area (Å²) in [7, 11) is 0. The minimum atomic E-state index is -0.334. The molecular weight excluding hydrogens is 228 g/mol. The third-order valence-corrected chi connectivity index (χ3v) is 4.25. The van der Waals surface area contributed by atoms with Crippen molar-refractivity contribution >= 4 is 5.91 Å². The van der Waals surface area contributed by atoms with E-state index in [2.05, 4.69) is 10.6 Å². The van der Waals surface area contributed by atoms with Gasteiger partial charge in [0.15, 0.2) is 0 Å². The molecule has 1 aliphatic heterocycles. The molecule has 0 aromatic rings. The predicted octanol–water partition coefficient (Wildman–Crippen LogP) is 1.19. The number of carbonyl (C=O) groups excluding carboxylic acids is 1. The van der Waals surface area contributed by atoms with E-state index in [1.807, 2.05) is 0 Å². The smallest absolute Gasteiger partial charge is 0.220 e. The molecule has 1 amide bonds. The van der Waals surface area contributed by atoms with Gasteiger partial charge in [0.25, 0.3) is 0 Å². The Bertz CT molecular complexity index is 265. The molecule has 3 atom stereocenters. The van der Waals surface area contributed by atoms with Gasteiger partial charge in [0.2, 0.25) is 5.91 Å². The number of aliphatic hydroxyl groups is 1. The molecule has 2 fully saturated rings. The molecule has 18 heavy (non-hydrogen) atoms. The van der Waals surface area contributed by atoms with Crippen molar-refractivity contribution in [2.24, 2.45) is 5.92 Å². The summed E-state index contributed by atoms with van der Waals surface area (Å²) in [6.45, 7) is 2.18. The molecule has 3 N–H and O–H groups in total. The molecule has 2 aliphatic rings. The summed E-state index contributed by atoms with van der Waals surface area (Å²) in [4.78, 5) is 11.9. The van der Waals surface area contributed by atoms with E-state index < -0.39 is 0 Å². The van der Waals surface area contributed by atoms with Crippen molar-refractivity contribution < 1.29 is 9.90 Å². The SMILES string of the molecule is O=C(CCC1CCCNC1)NC1CCCCC1O. The Labute approximate surface area is 110 Å². The zero-order chi connectivity index (χ0) is 12.8. The molecule has 0 bridgehead atoms. The second-order valence-corrected chi connectivity index (χ2v) is 5.78. The lowest BCUT2D eigenvalue weighted by Crippen LogP contribution is -2.45. The number of hydrogen-bond donors (Lipinski definition) is 3. The van der Waals surface area contributed by atoms with Crippen molar-refractivity contribution in [1.82, 2.24) is 10.6 Å². The summed E-state index contributed by atoms with van der Waals surface area (Å²) < 4.78 is 0. The van der Waals surface area contributed by atoms with Crippen molar-refractivity contribution in [2.75, 3.05) is 13.1 Å². The summed E-state index contributed by atoms with van der Waals surface area (Å²) in [6.07, 6.45) is 7.68. The van der Waals surface area contributed by atoms with Crippen LogP contribution in [0.4, 0.5) is 0 Å². The van der Waals surface area contributed by atoms with E-state index in [-0.39, 0.29) is 18.1 Å². The summed E-state index contributed by atoms with van der Waals surface area (Å²) >= 11 is 0. The van der Waals surface area contributed by atoms with Crippen LogP contribution in [0, 0.1) is 5.92 Å². The van der Waals surface area contributed by atoms with E-state index in [0.29, 0.717) is 12.3 Å². The molecule has 0 radical (unpaired) electrons. The first-order chi connectivity index (χ1) is 8.75. The standard InChI is InChI=1S/C14H26N2O2/c17-13-6-2-1-5-12(13)16-14(18)8-7-11-4-3-9-15-10-11/h11-13,15,17H,1-10H2,(H,16,18). The maximum atomic E-state index is 11.9.